The SMILES string of the molecule is Cc1ccc(NCc2ccncc2)cc1-n1cnnn1. The molecule has 0 fully saturated rings. The molecular weight excluding hydrogens is 252 g/mol. The summed E-state index contributed by atoms with van der Waals surface area (Å²) in [5.74, 6) is 0. The highest BCUT2D eigenvalue weighted by Gasteiger charge is 2.04. The van der Waals surface area contributed by atoms with Crippen molar-refractivity contribution in [1.82, 2.24) is 25.2 Å². The first-order valence-electron chi connectivity index (χ1n) is 6.30. The van der Waals surface area contributed by atoms with Crippen molar-refractivity contribution in [1.29, 1.82) is 0 Å². The molecule has 0 unspecified atom stereocenters. The van der Waals surface area contributed by atoms with Gasteiger partial charge < -0.3 is 5.32 Å². The highest BCUT2D eigenvalue weighted by atomic mass is 15.5. The molecule has 1 aromatic carbocycles. The van der Waals surface area contributed by atoms with E-state index in [1.165, 1.54) is 5.56 Å². The van der Waals surface area contributed by atoms with Gasteiger partial charge in [0.2, 0.25) is 0 Å². The lowest BCUT2D eigenvalue weighted by Crippen LogP contribution is -2.03. The Morgan fingerprint density at radius 1 is 1.15 bits per heavy atom. The number of rotatable bonds is 4. The van der Waals surface area contributed by atoms with Crippen LogP contribution in [-0.4, -0.2) is 25.2 Å². The van der Waals surface area contributed by atoms with Crippen LogP contribution in [-0.2, 0) is 6.54 Å². The average molecular weight is 266 g/mol. The number of hydrogen-bond donors (Lipinski definition) is 1. The molecule has 2 heterocycles. The number of anilines is 1. The van der Waals surface area contributed by atoms with Gasteiger partial charge in [-0.1, -0.05) is 6.07 Å². The summed E-state index contributed by atoms with van der Waals surface area (Å²) in [6.45, 7) is 2.78. The zero-order valence-corrected chi connectivity index (χ0v) is 11.1. The first kappa shape index (κ1) is 12.3. The topological polar surface area (TPSA) is 68.5 Å². The van der Waals surface area contributed by atoms with Crippen molar-refractivity contribution in [3.05, 3.63) is 60.2 Å². The summed E-state index contributed by atoms with van der Waals surface area (Å²) in [6.07, 6.45) is 5.17. The van der Waals surface area contributed by atoms with Gasteiger partial charge in [0.15, 0.2) is 0 Å². The second-order valence-electron chi connectivity index (χ2n) is 4.46. The molecule has 3 rings (SSSR count). The monoisotopic (exact) mass is 266 g/mol. The summed E-state index contributed by atoms with van der Waals surface area (Å²) in [5, 5.41) is 14.6. The van der Waals surface area contributed by atoms with E-state index < -0.39 is 0 Å². The van der Waals surface area contributed by atoms with Crippen LogP contribution in [0.5, 0.6) is 0 Å². The number of nitrogens with one attached hydrogen (secondary N) is 1. The number of tetrazole rings is 1. The molecule has 0 radical (unpaired) electrons. The van der Waals surface area contributed by atoms with Gasteiger partial charge >= 0.3 is 0 Å². The zero-order valence-electron chi connectivity index (χ0n) is 11.1. The van der Waals surface area contributed by atoms with Gasteiger partial charge in [0, 0.05) is 24.6 Å². The Labute approximate surface area is 116 Å². The number of aryl methyl sites for hydroxylation is 1. The van der Waals surface area contributed by atoms with Crippen LogP contribution in [0.15, 0.2) is 49.1 Å². The van der Waals surface area contributed by atoms with Crippen LogP contribution in [0.2, 0.25) is 0 Å². The first-order valence-corrected chi connectivity index (χ1v) is 6.30. The van der Waals surface area contributed by atoms with Gasteiger partial charge in [-0.2, -0.15) is 0 Å². The van der Waals surface area contributed by atoms with Crippen LogP contribution < -0.4 is 5.32 Å². The van der Waals surface area contributed by atoms with Crippen molar-refractivity contribution in [2.24, 2.45) is 0 Å². The minimum Gasteiger partial charge on any atom is -0.381 e. The van der Waals surface area contributed by atoms with Crippen LogP contribution >= 0.6 is 0 Å². The normalized spacial score (nSPS) is 10.4. The Balaban J connectivity index is 1.79. The summed E-state index contributed by atoms with van der Waals surface area (Å²) in [5.41, 5.74) is 4.30. The van der Waals surface area contributed by atoms with Crippen molar-refractivity contribution in [3.8, 4) is 5.69 Å². The van der Waals surface area contributed by atoms with Gasteiger partial charge in [0.05, 0.1) is 5.69 Å². The predicted octanol–water partition coefficient (Wildman–Crippen LogP) is 1.98. The van der Waals surface area contributed by atoms with E-state index in [0.29, 0.717) is 0 Å². The smallest absolute Gasteiger partial charge is 0.143 e. The maximum Gasteiger partial charge on any atom is 0.143 e. The molecule has 0 amide bonds. The molecule has 2 aromatic heterocycles. The molecule has 0 aliphatic heterocycles. The lowest BCUT2D eigenvalue weighted by atomic mass is 10.1. The molecule has 0 aliphatic carbocycles. The van der Waals surface area contributed by atoms with E-state index in [-0.39, 0.29) is 0 Å². The molecule has 6 heteroatoms. The number of aromatic nitrogens is 5. The van der Waals surface area contributed by atoms with Gasteiger partial charge in [-0.05, 0) is 52.7 Å². The number of hydrogen-bond acceptors (Lipinski definition) is 5. The average Bonchev–Trinajstić information content (AvgIpc) is 3.01. The molecule has 1 N–H and O–H groups in total. The molecule has 0 atom stereocenters. The number of pyridine rings is 1. The first-order chi connectivity index (χ1) is 9.83. The molecule has 0 saturated heterocycles. The highest BCUT2D eigenvalue weighted by molar-refractivity contribution is 5.54. The van der Waals surface area contributed by atoms with Crippen LogP contribution in [0.4, 0.5) is 5.69 Å². The molecule has 100 valence electrons. The summed E-state index contributed by atoms with van der Waals surface area (Å²) in [6, 6.07) is 10.1. The van der Waals surface area contributed by atoms with Crippen LogP contribution in [0.25, 0.3) is 5.69 Å². The molecule has 0 bridgehead atoms. The second kappa shape index (κ2) is 5.48. The van der Waals surface area contributed by atoms with Crippen LogP contribution in [0, 0.1) is 6.92 Å². The molecule has 20 heavy (non-hydrogen) atoms. The van der Waals surface area contributed by atoms with Crippen molar-refractivity contribution >= 4 is 5.69 Å². The Kier molecular flexibility index (Phi) is 3.36. The standard InChI is InChI=1S/C14H14N6/c1-11-2-3-13(8-14(11)20-10-17-18-19-20)16-9-12-4-6-15-7-5-12/h2-8,10,16H,9H2,1H3. The Hall–Kier alpha value is -2.76. The van der Waals surface area contributed by atoms with Crippen molar-refractivity contribution in [2.45, 2.75) is 13.5 Å². The third-order valence-electron chi connectivity index (χ3n) is 3.05. The molecule has 0 aliphatic rings. The number of nitrogens with zero attached hydrogens (tertiary/aromatic N) is 5. The fraction of sp³-hybridized carbons (Fsp3) is 0.143. The van der Waals surface area contributed by atoms with Crippen LogP contribution in [0.1, 0.15) is 11.1 Å². The van der Waals surface area contributed by atoms with E-state index in [4.69, 9.17) is 0 Å². The minimum atomic E-state index is 0.751. The maximum atomic E-state index is 4.01. The molecule has 3 aromatic rings. The minimum absolute atomic E-state index is 0.751. The fourth-order valence-corrected chi connectivity index (χ4v) is 1.94. The van der Waals surface area contributed by atoms with E-state index in [1.807, 2.05) is 37.3 Å². The second-order valence-corrected chi connectivity index (χ2v) is 4.46. The van der Waals surface area contributed by atoms with Gasteiger partial charge in [0.25, 0.3) is 0 Å². The van der Waals surface area contributed by atoms with Crippen LogP contribution in [0.3, 0.4) is 0 Å². The van der Waals surface area contributed by atoms with Gasteiger partial charge in [-0.15, -0.1) is 5.10 Å². The van der Waals surface area contributed by atoms with E-state index >= 15 is 0 Å². The predicted molar refractivity (Wildman–Crippen MR) is 75.5 cm³/mol. The largest absolute Gasteiger partial charge is 0.381 e. The lowest BCUT2D eigenvalue weighted by molar-refractivity contribution is 0.785. The molecular formula is C14H14N6. The quantitative estimate of drug-likeness (QED) is 0.782. The van der Waals surface area contributed by atoms with Crippen molar-refractivity contribution < 1.29 is 0 Å². The third kappa shape index (κ3) is 2.64. The van der Waals surface area contributed by atoms with Gasteiger partial charge in [-0.3, -0.25) is 4.98 Å². The fourth-order valence-electron chi connectivity index (χ4n) is 1.94. The van der Waals surface area contributed by atoms with E-state index in [2.05, 4.69) is 25.8 Å². The van der Waals surface area contributed by atoms with Crippen molar-refractivity contribution in [2.75, 3.05) is 5.32 Å². The number of benzene rings is 1. The van der Waals surface area contributed by atoms with E-state index in [0.717, 1.165) is 23.5 Å². The van der Waals surface area contributed by atoms with E-state index in [9.17, 15) is 0 Å². The molecule has 0 spiro atoms. The zero-order chi connectivity index (χ0) is 13.8. The lowest BCUT2D eigenvalue weighted by Gasteiger charge is -2.10. The third-order valence-corrected chi connectivity index (χ3v) is 3.05. The molecule has 6 nitrogen and oxygen atoms in total. The molecule has 0 saturated carbocycles. The summed E-state index contributed by atoms with van der Waals surface area (Å²) < 4.78 is 1.66. The summed E-state index contributed by atoms with van der Waals surface area (Å²) >= 11 is 0. The highest BCUT2D eigenvalue weighted by Crippen LogP contribution is 2.18. The Morgan fingerprint density at radius 3 is 2.75 bits per heavy atom. The Morgan fingerprint density at radius 2 is 2.00 bits per heavy atom. The Bertz CT molecular complexity index is 678. The maximum absolute atomic E-state index is 4.01. The van der Waals surface area contributed by atoms with E-state index in [1.54, 1.807) is 23.4 Å². The van der Waals surface area contributed by atoms with Gasteiger partial charge in [-0.25, -0.2) is 4.68 Å². The summed E-state index contributed by atoms with van der Waals surface area (Å²) in [7, 11) is 0. The summed E-state index contributed by atoms with van der Waals surface area (Å²) in [4.78, 5) is 4.01. The van der Waals surface area contributed by atoms with Crippen molar-refractivity contribution in [3.63, 3.8) is 0 Å². The van der Waals surface area contributed by atoms with Gasteiger partial charge in [0.1, 0.15) is 6.33 Å².